The number of ether oxygens (including phenoxy) is 1. The van der Waals surface area contributed by atoms with Crippen molar-refractivity contribution in [3.05, 3.63) is 10.9 Å². The summed E-state index contributed by atoms with van der Waals surface area (Å²) in [5.74, 6) is -0.409. The second-order valence-electron chi connectivity index (χ2n) is 3.75. The van der Waals surface area contributed by atoms with Crippen molar-refractivity contribution < 1.29 is 14.6 Å². The van der Waals surface area contributed by atoms with Crippen LogP contribution in [0.15, 0.2) is 6.07 Å². The molecule has 1 aliphatic rings. The van der Waals surface area contributed by atoms with Crippen LogP contribution in [0.25, 0.3) is 0 Å². The molecule has 3 N–H and O–H groups in total. The zero-order valence-electron chi connectivity index (χ0n) is 8.97. The molecule has 0 aliphatic carbocycles. The van der Waals surface area contributed by atoms with Crippen LogP contribution >= 0.6 is 11.3 Å². The van der Waals surface area contributed by atoms with Gasteiger partial charge in [-0.25, -0.2) is 4.79 Å². The number of anilines is 2. The van der Waals surface area contributed by atoms with Crippen LogP contribution in [0.2, 0.25) is 0 Å². The van der Waals surface area contributed by atoms with E-state index in [1.165, 1.54) is 18.4 Å². The molecular weight excluding hydrogens is 228 g/mol. The highest BCUT2D eigenvalue weighted by Crippen LogP contribution is 2.34. The summed E-state index contributed by atoms with van der Waals surface area (Å²) < 4.78 is 4.64. The predicted octanol–water partition coefficient (Wildman–Crippen LogP) is 0.688. The number of hydrogen-bond acceptors (Lipinski definition) is 6. The van der Waals surface area contributed by atoms with Crippen LogP contribution < -0.4 is 10.6 Å². The first-order chi connectivity index (χ1) is 7.61. The van der Waals surface area contributed by atoms with Gasteiger partial charge >= 0.3 is 5.97 Å². The molecule has 1 fully saturated rings. The van der Waals surface area contributed by atoms with Crippen molar-refractivity contribution in [2.75, 3.05) is 30.8 Å². The third kappa shape index (κ3) is 1.98. The van der Waals surface area contributed by atoms with E-state index in [0.29, 0.717) is 17.1 Å². The minimum absolute atomic E-state index is 0.287. The van der Waals surface area contributed by atoms with Crippen LogP contribution in [0, 0.1) is 0 Å². The highest BCUT2D eigenvalue weighted by molar-refractivity contribution is 7.18. The molecule has 0 aromatic carbocycles. The summed E-state index contributed by atoms with van der Waals surface area (Å²) in [5, 5.41) is 10.3. The van der Waals surface area contributed by atoms with Gasteiger partial charge in [0.1, 0.15) is 4.88 Å². The maximum absolute atomic E-state index is 11.4. The van der Waals surface area contributed by atoms with E-state index in [4.69, 9.17) is 5.73 Å². The number of aliphatic hydroxyl groups is 1. The van der Waals surface area contributed by atoms with Gasteiger partial charge in [0.2, 0.25) is 0 Å². The number of nitrogen functional groups attached to an aromatic ring is 1. The van der Waals surface area contributed by atoms with Crippen molar-refractivity contribution in [1.29, 1.82) is 0 Å². The molecule has 6 heteroatoms. The number of rotatable bonds is 2. The number of methoxy groups -OCH3 is 1. The van der Waals surface area contributed by atoms with E-state index in [1.54, 1.807) is 6.07 Å². The van der Waals surface area contributed by atoms with Crippen LogP contribution in [0.3, 0.4) is 0 Å². The minimum Gasteiger partial charge on any atom is -0.465 e. The van der Waals surface area contributed by atoms with Gasteiger partial charge in [-0.1, -0.05) is 0 Å². The van der Waals surface area contributed by atoms with Crippen LogP contribution in [0.1, 0.15) is 16.1 Å². The molecule has 5 nitrogen and oxygen atoms in total. The topological polar surface area (TPSA) is 75.8 Å². The molecule has 1 unspecified atom stereocenters. The van der Waals surface area contributed by atoms with E-state index in [9.17, 15) is 9.90 Å². The summed E-state index contributed by atoms with van der Waals surface area (Å²) in [6, 6.07) is 1.76. The molecule has 0 bridgehead atoms. The van der Waals surface area contributed by atoms with Crippen molar-refractivity contribution >= 4 is 28.0 Å². The van der Waals surface area contributed by atoms with Gasteiger partial charge in [-0.15, -0.1) is 11.3 Å². The Balaban J connectivity index is 2.20. The zero-order valence-corrected chi connectivity index (χ0v) is 9.79. The highest BCUT2D eigenvalue weighted by Gasteiger charge is 2.24. The van der Waals surface area contributed by atoms with E-state index in [0.717, 1.165) is 18.0 Å². The summed E-state index contributed by atoms with van der Waals surface area (Å²) in [5.41, 5.74) is 6.18. The predicted molar refractivity (Wildman–Crippen MR) is 62.9 cm³/mol. The molecule has 0 spiro atoms. The van der Waals surface area contributed by atoms with Gasteiger partial charge in [0.05, 0.1) is 23.9 Å². The number of carbonyl (C=O) groups is 1. The van der Waals surface area contributed by atoms with Crippen LogP contribution in [-0.4, -0.2) is 37.4 Å². The quantitative estimate of drug-likeness (QED) is 0.746. The Morgan fingerprint density at radius 3 is 3.06 bits per heavy atom. The van der Waals surface area contributed by atoms with Gasteiger partial charge in [0.15, 0.2) is 0 Å². The second kappa shape index (κ2) is 4.31. The van der Waals surface area contributed by atoms with Crippen LogP contribution in [-0.2, 0) is 4.74 Å². The van der Waals surface area contributed by atoms with E-state index in [-0.39, 0.29) is 6.10 Å². The Morgan fingerprint density at radius 2 is 2.50 bits per heavy atom. The Labute approximate surface area is 97.4 Å². The average Bonchev–Trinajstić information content (AvgIpc) is 2.83. The van der Waals surface area contributed by atoms with Gasteiger partial charge in [-0.2, -0.15) is 0 Å². The Bertz CT molecular complexity index is 405. The van der Waals surface area contributed by atoms with E-state index in [2.05, 4.69) is 4.74 Å². The number of β-amino-alcohol motifs (C(OH)–C–C–N with tert-alkyl or cyclic N) is 1. The largest absolute Gasteiger partial charge is 0.465 e. The van der Waals surface area contributed by atoms with Gasteiger partial charge < -0.3 is 20.5 Å². The maximum Gasteiger partial charge on any atom is 0.350 e. The van der Waals surface area contributed by atoms with Crippen LogP contribution in [0.4, 0.5) is 10.7 Å². The molecule has 1 saturated heterocycles. The third-order valence-electron chi connectivity index (χ3n) is 2.59. The number of hydrogen-bond donors (Lipinski definition) is 2. The number of nitrogens with zero attached hydrogens (tertiary/aromatic N) is 1. The molecule has 2 heterocycles. The SMILES string of the molecule is COC(=O)c1sc(N2CCC(O)C2)cc1N. The fourth-order valence-electron chi connectivity index (χ4n) is 1.74. The molecule has 1 aliphatic heterocycles. The number of nitrogens with two attached hydrogens (primary N) is 1. The van der Waals surface area contributed by atoms with Gasteiger partial charge in [0.25, 0.3) is 0 Å². The van der Waals surface area contributed by atoms with E-state index < -0.39 is 5.97 Å². The van der Waals surface area contributed by atoms with Crippen molar-refractivity contribution in [3.63, 3.8) is 0 Å². The average molecular weight is 242 g/mol. The van der Waals surface area contributed by atoms with E-state index >= 15 is 0 Å². The normalized spacial score (nSPS) is 20.1. The fourth-order valence-corrected chi connectivity index (χ4v) is 2.77. The summed E-state index contributed by atoms with van der Waals surface area (Å²) >= 11 is 1.31. The van der Waals surface area contributed by atoms with Crippen molar-refractivity contribution in [3.8, 4) is 0 Å². The lowest BCUT2D eigenvalue weighted by molar-refractivity contribution is 0.0607. The first-order valence-electron chi connectivity index (χ1n) is 5.02. The summed E-state index contributed by atoms with van der Waals surface area (Å²) in [6.45, 7) is 1.39. The number of esters is 1. The highest BCUT2D eigenvalue weighted by atomic mass is 32.1. The molecule has 0 amide bonds. The lowest BCUT2D eigenvalue weighted by Gasteiger charge is -2.14. The molecule has 1 aromatic heterocycles. The molecule has 1 aromatic rings. The second-order valence-corrected chi connectivity index (χ2v) is 4.78. The molecule has 1 atom stereocenters. The van der Waals surface area contributed by atoms with Crippen molar-refractivity contribution in [2.45, 2.75) is 12.5 Å². The maximum atomic E-state index is 11.4. The molecule has 0 radical (unpaired) electrons. The summed E-state index contributed by atoms with van der Waals surface area (Å²) in [4.78, 5) is 13.8. The van der Waals surface area contributed by atoms with Gasteiger partial charge in [-0.3, -0.25) is 0 Å². The Hall–Kier alpha value is -1.27. The monoisotopic (exact) mass is 242 g/mol. The Morgan fingerprint density at radius 1 is 1.75 bits per heavy atom. The van der Waals surface area contributed by atoms with Crippen LogP contribution in [0.5, 0.6) is 0 Å². The number of aliphatic hydroxyl groups excluding tert-OH is 1. The molecule has 88 valence electrons. The molecule has 0 saturated carbocycles. The minimum atomic E-state index is -0.409. The molecular formula is C10H14N2O3S. The first kappa shape index (κ1) is 11.2. The Kier molecular flexibility index (Phi) is 3.02. The zero-order chi connectivity index (χ0) is 11.7. The summed E-state index contributed by atoms with van der Waals surface area (Å²) in [7, 11) is 1.33. The van der Waals surface area contributed by atoms with Gasteiger partial charge in [0, 0.05) is 13.1 Å². The lowest BCUT2D eigenvalue weighted by atomic mass is 10.3. The fraction of sp³-hybridized carbons (Fsp3) is 0.500. The number of thiophene rings is 1. The molecule has 2 rings (SSSR count). The molecule has 16 heavy (non-hydrogen) atoms. The summed E-state index contributed by atoms with van der Waals surface area (Å²) in [6.07, 6.45) is 0.468. The first-order valence-corrected chi connectivity index (χ1v) is 5.84. The lowest BCUT2D eigenvalue weighted by Crippen LogP contribution is -2.19. The standard InChI is InChI=1S/C10H14N2O3S/c1-15-10(14)9-7(11)4-8(16-9)12-3-2-6(13)5-12/h4,6,13H,2-3,5,11H2,1H3. The smallest absolute Gasteiger partial charge is 0.350 e. The van der Waals surface area contributed by atoms with Gasteiger partial charge in [-0.05, 0) is 12.5 Å². The van der Waals surface area contributed by atoms with Crippen molar-refractivity contribution in [2.24, 2.45) is 0 Å². The van der Waals surface area contributed by atoms with Crippen molar-refractivity contribution in [1.82, 2.24) is 0 Å². The third-order valence-corrected chi connectivity index (χ3v) is 3.79. The number of carbonyl (C=O) groups excluding carboxylic acids is 1. The van der Waals surface area contributed by atoms with E-state index in [1.807, 2.05) is 4.90 Å².